The first-order chi connectivity index (χ1) is 11.3. The van der Waals surface area contributed by atoms with Crippen molar-refractivity contribution in [3.05, 3.63) is 65.7 Å². The van der Waals surface area contributed by atoms with Crippen LogP contribution in [0.5, 0.6) is 0 Å². The van der Waals surface area contributed by atoms with E-state index in [4.69, 9.17) is 0 Å². The molecule has 1 heteroatoms. The molecule has 4 rings (SSSR count). The largest absolute Gasteiger partial charge is 0.164 e. The Morgan fingerprint density at radius 3 is 2.46 bits per heavy atom. The van der Waals surface area contributed by atoms with Crippen LogP contribution in [0.15, 0.2) is 54.6 Å². The fourth-order valence-electron chi connectivity index (χ4n) is 4.12. The molecule has 0 aliphatic heterocycles. The van der Waals surface area contributed by atoms with Crippen LogP contribution < -0.4 is 0 Å². The smallest absolute Gasteiger partial charge is 0 e. The number of hydrogen-bond donors (Lipinski definition) is 0. The first kappa shape index (κ1) is 17.7. The average molecular weight is 393 g/mol. The van der Waals surface area contributed by atoms with Crippen LogP contribution in [-0.2, 0) is 32.6 Å². The zero-order chi connectivity index (χ0) is 15.6. The van der Waals surface area contributed by atoms with Crippen LogP contribution in [0.2, 0.25) is 0 Å². The first-order valence-corrected chi connectivity index (χ1v) is 9.05. The minimum Gasteiger partial charge on any atom is -0.164 e. The number of rotatable bonds is 3. The van der Waals surface area contributed by atoms with E-state index in [0.29, 0.717) is 0 Å². The monoisotopic (exact) mass is 391 g/mol. The Morgan fingerprint density at radius 2 is 1.71 bits per heavy atom. The van der Waals surface area contributed by atoms with E-state index in [9.17, 15) is 0 Å². The van der Waals surface area contributed by atoms with Crippen molar-refractivity contribution in [1.82, 2.24) is 0 Å². The van der Waals surface area contributed by atoms with Crippen molar-refractivity contribution < 1.29 is 26.2 Å². The second kappa shape index (κ2) is 7.88. The van der Waals surface area contributed by atoms with Gasteiger partial charge in [-0.05, 0) is 24.8 Å². The third-order valence-electron chi connectivity index (χ3n) is 5.42. The maximum atomic E-state index is 2.44. The van der Waals surface area contributed by atoms with E-state index in [0.717, 1.165) is 5.92 Å². The van der Waals surface area contributed by atoms with Gasteiger partial charge in [0.2, 0.25) is 0 Å². The molecule has 24 heavy (non-hydrogen) atoms. The molecule has 0 aromatic heterocycles. The molecule has 0 heterocycles. The molecule has 122 valence electrons. The Morgan fingerprint density at radius 1 is 0.958 bits per heavy atom. The number of fused-ring (bicyclic) bond motifs is 1. The van der Waals surface area contributed by atoms with E-state index in [1.54, 1.807) is 0 Å². The summed E-state index contributed by atoms with van der Waals surface area (Å²) in [7, 11) is 0. The SMILES string of the molecule is Cc1ccc(-c2cccc3[cH-]c(CC4CCCCC4)cc23)cc1.[Zr]. The number of hydrogen-bond acceptors (Lipinski definition) is 0. The van der Waals surface area contributed by atoms with Gasteiger partial charge in [0.25, 0.3) is 0 Å². The summed E-state index contributed by atoms with van der Waals surface area (Å²) in [5.41, 5.74) is 5.56. The summed E-state index contributed by atoms with van der Waals surface area (Å²) in [5.74, 6) is 0.906. The van der Waals surface area contributed by atoms with Crippen LogP contribution in [-0.4, -0.2) is 0 Å². The minimum atomic E-state index is 0. The van der Waals surface area contributed by atoms with E-state index >= 15 is 0 Å². The van der Waals surface area contributed by atoms with Crippen LogP contribution in [0, 0.1) is 12.8 Å². The molecule has 0 unspecified atom stereocenters. The molecule has 0 N–H and O–H groups in total. The van der Waals surface area contributed by atoms with E-state index in [1.807, 2.05) is 0 Å². The second-order valence-electron chi connectivity index (χ2n) is 7.25. The molecular weight excluding hydrogens is 367 g/mol. The van der Waals surface area contributed by atoms with E-state index in [-0.39, 0.29) is 26.2 Å². The number of benzene rings is 2. The van der Waals surface area contributed by atoms with Gasteiger partial charge in [-0.25, -0.2) is 0 Å². The van der Waals surface area contributed by atoms with E-state index < -0.39 is 0 Å². The Balaban J connectivity index is 0.00000169. The van der Waals surface area contributed by atoms with Gasteiger partial charge in [0.05, 0.1) is 0 Å². The molecule has 3 aromatic carbocycles. The predicted molar refractivity (Wildman–Crippen MR) is 100.0 cm³/mol. The summed E-state index contributed by atoms with van der Waals surface area (Å²) < 4.78 is 0. The summed E-state index contributed by atoms with van der Waals surface area (Å²) in [5, 5.41) is 2.82. The molecule has 0 radical (unpaired) electrons. The van der Waals surface area contributed by atoms with Crippen LogP contribution in [0.4, 0.5) is 0 Å². The maximum Gasteiger partial charge on any atom is 0 e. The number of aryl methyl sites for hydroxylation is 1. The molecule has 1 aliphatic carbocycles. The predicted octanol–water partition coefficient (Wildman–Crippen LogP) is 6.65. The van der Waals surface area contributed by atoms with Gasteiger partial charge < -0.3 is 0 Å². The molecule has 1 saturated carbocycles. The van der Waals surface area contributed by atoms with E-state index in [1.165, 1.54) is 71.6 Å². The topological polar surface area (TPSA) is 0 Å². The fraction of sp³-hybridized carbons (Fsp3) is 0.348. The van der Waals surface area contributed by atoms with Crippen LogP contribution in [0.1, 0.15) is 43.2 Å². The summed E-state index contributed by atoms with van der Waals surface area (Å²) in [4.78, 5) is 0. The fourth-order valence-corrected chi connectivity index (χ4v) is 4.12. The normalized spacial score (nSPS) is 15.4. The zero-order valence-electron chi connectivity index (χ0n) is 14.5. The standard InChI is InChI=1S/C23H25.Zr/c1-17-10-12-20(13-11-17)22-9-5-8-21-15-19(16-23(21)22)14-18-6-3-2-4-7-18;/h5,8-13,15-16,18H,2-4,6-7,14H2,1H3;/q-1;. The van der Waals surface area contributed by atoms with Crippen molar-refractivity contribution in [1.29, 1.82) is 0 Å². The van der Waals surface area contributed by atoms with Gasteiger partial charge in [-0.1, -0.05) is 73.6 Å². The van der Waals surface area contributed by atoms with Crippen molar-refractivity contribution in [2.24, 2.45) is 5.92 Å². The van der Waals surface area contributed by atoms with Gasteiger partial charge in [-0.3, -0.25) is 0 Å². The average Bonchev–Trinajstić information content (AvgIpc) is 2.99. The van der Waals surface area contributed by atoms with Crippen LogP contribution >= 0.6 is 0 Å². The Hall–Kier alpha value is -1.07. The quantitative estimate of drug-likeness (QED) is 0.437. The molecule has 3 aromatic rings. The molecule has 1 fully saturated rings. The van der Waals surface area contributed by atoms with E-state index in [2.05, 4.69) is 61.5 Å². The van der Waals surface area contributed by atoms with Gasteiger partial charge in [-0.15, -0.1) is 34.5 Å². The summed E-state index contributed by atoms with van der Waals surface area (Å²) in [6.45, 7) is 2.15. The third kappa shape index (κ3) is 3.78. The molecule has 0 nitrogen and oxygen atoms in total. The molecule has 1 aliphatic rings. The molecular formula is C23H25Zr-. The van der Waals surface area contributed by atoms with Gasteiger partial charge in [0, 0.05) is 26.2 Å². The summed E-state index contributed by atoms with van der Waals surface area (Å²) in [6, 6.07) is 20.5. The molecule has 0 spiro atoms. The van der Waals surface area contributed by atoms with Gasteiger partial charge in [-0.2, -0.15) is 6.07 Å². The van der Waals surface area contributed by atoms with Gasteiger partial charge in [0.1, 0.15) is 0 Å². The van der Waals surface area contributed by atoms with Crippen molar-refractivity contribution in [2.75, 3.05) is 0 Å². The first-order valence-electron chi connectivity index (χ1n) is 9.05. The maximum absolute atomic E-state index is 2.44. The van der Waals surface area contributed by atoms with Gasteiger partial charge in [0.15, 0.2) is 0 Å². The summed E-state index contributed by atoms with van der Waals surface area (Å²) >= 11 is 0. The van der Waals surface area contributed by atoms with Crippen molar-refractivity contribution in [2.45, 2.75) is 45.4 Å². The third-order valence-corrected chi connectivity index (χ3v) is 5.42. The summed E-state index contributed by atoms with van der Waals surface area (Å²) in [6.07, 6.45) is 8.41. The van der Waals surface area contributed by atoms with Crippen molar-refractivity contribution in [3.63, 3.8) is 0 Å². The van der Waals surface area contributed by atoms with Crippen LogP contribution in [0.25, 0.3) is 21.9 Å². The molecule has 0 amide bonds. The zero-order valence-corrected chi connectivity index (χ0v) is 17.0. The Labute approximate surface area is 164 Å². The second-order valence-corrected chi connectivity index (χ2v) is 7.25. The Kier molecular flexibility index (Phi) is 5.82. The van der Waals surface area contributed by atoms with Crippen molar-refractivity contribution in [3.8, 4) is 11.1 Å². The minimum absolute atomic E-state index is 0. The van der Waals surface area contributed by atoms with Crippen LogP contribution in [0.3, 0.4) is 0 Å². The van der Waals surface area contributed by atoms with Gasteiger partial charge >= 0.3 is 0 Å². The Bertz CT molecular complexity index is 789. The molecule has 0 atom stereocenters. The molecule has 0 bridgehead atoms. The molecule has 0 saturated heterocycles. The van der Waals surface area contributed by atoms with Crippen molar-refractivity contribution >= 4 is 10.8 Å².